The molecule has 110 valence electrons. The van der Waals surface area contributed by atoms with Crippen LogP contribution >= 0.6 is 11.6 Å². The number of carbonyl (C=O) groups excluding carboxylic acids is 1. The van der Waals surface area contributed by atoms with Crippen LogP contribution in [0.25, 0.3) is 0 Å². The number of amides is 1. The second-order valence-electron chi connectivity index (χ2n) is 5.49. The quantitative estimate of drug-likeness (QED) is 0.944. The van der Waals surface area contributed by atoms with Gasteiger partial charge in [-0.2, -0.15) is 5.10 Å². The first-order valence-corrected chi connectivity index (χ1v) is 7.61. The van der Waals surface area contributed by atoms with E-state index in [1.165, 1.54) is 5.56 Å². The second-order valence-corrected chi connectivity index (χ2v) is 5.92. The molecule has 1 amide bonds. The summed E-state index contributed by atoms with van der Waals surface area (Å²) in [6.45, 7) is 1.63. The molecule has 3 rings (SSSR count). The fraction of sp³-hybridized carbons (Fsp3) is 0.375. The first kappa shape index (κ1) is 14.1. The normalized spacial score (nSPS) is 18.1. The standard InChI is InChI=1S/C16H18ClN3O/c17-15-3-1-2-13(8-15)14-6-7-20(11-14)16(21)5-4-12-9-18-19-10-12/h1-3,8-10,14H,4-7,11H2,(H,18,19)/t14-/m1/s1. The van der Waals surface area contributed by atoms with Gasteiger partial charge in [0.1, 0.15) is 0 Å². The molecule has 2 heterocycles. The van der Waals surface area contributed by atoms with Gasteiger partial charge in [-0.1, -0.05) is 23.7 Å². The summed E-state index contributed by atoms with van der Waals surface area (Å²) in [4.78, 5) is 14.2. The van der Waals surface area contributed by atoms with Gasteiger partial charge in [-0.05, 0) is 36.1 Å². The monoisotopic (exact) mass is 303 g/mol. The van der Waals surface area contributed by atoms with Gasteiger partial charge in [0.15, 0.2) is 0 Å². The number of aryl methyl sites for hydroxylation is 1. The van der Waals surface area contributed by atoms with Crippen LogP contribution in [0, 0.1) is 0 Å². The summed E-state index contributed by atoms with van der Waals surface area (Å²) >= 11 is 6.04. The van der Waals surface area contributed by atoms with Crippen molar-refractivity contribution in [2.24, 2.45) is 0 Å². The van der Waals surface area contributed by atoms with E-state index >= 15 is 0 Å². The number of halogens is 1. The van der Waals surface area contributed by atoms with Gasteiger partial charge in [-0.3, -0.25) is 9.89 Å². The Morgan fingerprint density at radius 2 is 2.38 bits per heavy atom. The van der Waals surface area contributed by atoms with Gasteiger partial charge in [-0.15, -0.1) is 0 Å². The average molecular weight is 304 g/mol. The van der Waals surface area contributed by atoms with E-state index in [0.29, 0.717) is 12.3 Å². The molecule has 1 atom stereocenters. The molecule has 1 aliphatic heterocycles. The van der Waals surface area contributed by atoms with Crippen LogP contribution in [0.1, 0.15) is 29.9 Å². The molecular formula is C16H18ClN3O. The number of H-pyrrole nitrogens is 1. The van der Waals surface area contributed by atoms with Gasteiger partial charge in [0.2, 0.25) is 5.91 Å². The smallest absolute Gasteiger partial charge is 0.222 e. The highest BCUT2D eigenvalue weighted by molar-refractivity contribution is 6.30. The van der Waals surface area contributed by atoms with Gasteiger partial charge >= 0.3 is 0 Å². The van der Waals surface area contributed by atoms with Crippen LogP contribution in [-0.4, -0.2) is 34.1 Å². The maximum atomic E-state index is 12.3. The fourth-order valence-corrected chi connectivity index (χ4v) is 3.04. The first-order valence-electron chi connectivity index (χ1n) is 7.23. The van der Waals surface area contributed by atoms with Crippen LogP contribution in [0.2, 0.25) is 5.02 Å². The molecule has 5 heteroatoms. The highest BCUT2D eigenvalue weighted by Crippen LogP contribution is 2.29. The molecule has 0 saturated carbocycles. The van der Waals surface area contributed by atoms with Crippen molar-refractivity contribution in [1.82, 2.24) is 15.1 Å². The minimum Gasteiger partial charge on any atom is -0.342 e. The lowest BCUT2D eigenvalue weighted by Crippen LogP contribution is -2.28. The maximum Gasteiger partial charge on any atom is 0.222 e. The average Bonchev–Trinajstić information content (AvgIpc) is 3.16. The Morgan fingerprint density at radius 1 is 1.48 bits per heavy atom. The molecule has 2 aromatic rings. The SMILES string of the molecule is O=C(CCc1cn[nH]c1)N1CC[C@@H](c2cccc(Cl)c2)C1. The number of hydrogen-bond donors (Lipinski definition) is 1. The Bertz CT molecular complexity index is 612. The van der Waals surface area contributed by atoms with Crippen LogP contribution in [0.3, 0.4) is 0 Å². The number of aromatic amines is 1. The Labute approximate surface area is 129 Å². The first-order chi connectivity index (χ1) is 10.2. The van der Waals surface area contributed by atoms with Gasteiger partial charge in [0, 0.05) is 36.6 Å². The number of nitrogens with one attached hydrogen (secondary N) is 1. The van der Waals surface area contributed by atoms with Gasteiger partial charge in [0.05, 0.1) is 6.20 Å². The largest absolute Gasteiger partial charge is 0.342 e. The van der Waals surface area contributed by atoms with Crippen molar-refractivity contribution in [3.8, 4) is 0 Å². The molecule has 0 bridgehead atoms. The lowest BCUT2D eigenvalue weighted by molar-refractivity contribution is -0.130. The number of benzene rings is 1. The molecule has 0 radical (unpaired) electrons. The maximum absolute atomic E-state index is 12.3. The lowest BCUT2D eigenvalue weighted by atomic mass is 9.99. The van der Waals surface area contributed by atoms with Crippen LogP contribution in [-0.2, 0) is 11.2 Å². The van der Waals surface area contributed by atoms with E-state index in [1.807, 2.05) is 29.3 Å². The molecule has 1 aromatic carbocycles. The van der Waals surface area contributed by atoms with Crippen LogP contribution in [0.4, 0.5) is 0 Å². The Kier molecular flexibility index (Phi) is 4.25. The summed E-state index contributed by atoms with van der Waals surface area (Å²) < 4.78 is 0. The molecule has 0 unspecified atom stereocenters. The van der Waals surface area contributed by atoms with E-state index in [1.54, 1.807) is 6.20 Å². The third-order valence-corrected chi connectivity index (χ3v) is 4.28. The summed E-state index contributed by atoms with van der Waals surface area (Å²) in [5.74, 6) is 0.627. The number of rotatable bonds is 4. The van der Waals surface area contributed by atoms with Crippen molar-refractivity contribution >= 4 is 17.5 Å². The molecule has 21 heavy (non-hydrogen) atoms. The van der Waals surface area contributed by atoms with Crippen LogP contribution in [0.5, 0.6) is 0 Å². The highest BCUT2D eigenvalue weighted by atomic mass is 35.5. The van der Waals surface area contributed by atoms with Gasteiger partial charge < -0.3 is 4.90 Å². The highest BCUT2D eigenvalue weighted by Gasteiger charge is 2.27. The van der Waals surface area contributed by atoms with Crippen molar-refractivity contribution in [2.75, 3.05) is 13.1 Å². The second kappa shape index (κ2) is 6.31. The van der Waals surface area contributed by atoms with Crippen molar-refractivity contribution < 1.29 is 4.79 Å². The third-order valence-electron chi connectivity index (χ3n) is 4.04. The Hall–Kier alpha value is -1.81. The summed E-state index contributed by atoms with van der Waals surface area (Å²) in [6, 6.07) is 7.95. The summed E-state index contributed by atoms with van der Waals surface area (Å²) in [5.41, 5.74) is 2.31. The van der Waals surface area contributed by atoms with Gasteiger partial charge in [-0.25, -0.2) is 0 Å². The minimum absolute atomic E-state index is 0.223. The zero-order valence-electron chi connectivity index (χ0n) is 11.8. The molecule has 1 aliphatic rings. The van der Waals surface area contributed by atoms with Crippen molar-refractivity contribution in [2.45, 2.75) is 25.2 Å². The number of aromatic nitrogens is 2. The van der Waals surface area contributed by atoms with Crippen LogP contribution in [0.15, 0.2) is 36.7 Å². The number of carbonyl (C=O) groups is 1. The number of nitrogens with zero attached hydrogens (tertiary/aromatic N) is 2. The van der Waals surface area contributed by atoms with Gasteiger partial charge in [0.25, 0.3) is 0 Å². The van der Waals surface area contributed by atoms with Crippen LogP contribution < -0.4 is 0 Å². The van der Waals surface area contributed by atoms with E-state index in [9.17, 15) is 4.79 Å². The molecule has 1 N–H and O–H groups in total. The van der Waals surface area contributed by atoms with Crippen molar-refractivity contribution in [3.63, 3.8) is 0 Å². The van der Waals surface area contributed by atoms with E-state index in [0.717, 1.165) is 36.5 Å². The van der Waals surface area contributed by atoms with Crippen molar-refractivity contribution in [3.05, 3.63) is 52.8 Å². The predicted octanol–water partition coefficient (Wildman–Crippen LogP) is 3.01. The van der Waals surface area contributed by atoms with E-state index in [2.05, 4.69) is 16.3 Å². The molecule has 1 aromatic heterocycles. The molecule has 0 aliphatic carbocycles. The van der Waals surface area contributed by atoms with E-state index < -0.39 is 0 Å². The Morgan fingerprint density at radius 3 is 3.14 bits per heavy atom. The van der Waals surface area contributed by atoms with E-state index in [4.69, 9.17) is 11.6 Å². The van der Waals surface area contributed by atoms with E-state index in [-0.39, 0.29) is 5.91 Å². The fourth-order valence-electron chi connectivity index (χ4n) is 2.84. The molecule has 4 nitrogen and oxygen atoms in total. The topological polar surface area (TPSA) is 49.0 Å². The molecule has 1 saturated heterocycles. The summed E-state index contributed by atoms with van der Waals surface area (Å²) in [7, 11) is 0. The van der Waals surface area contributed by atoms with Crippen molar-refractivity contribution in [1.29, 1.82) is 0 Å². The third kappa shape index (κ3) is 3.45. The number of hydrogen-bond acceptors (Lipinski definition) is 2. The number of likely N-dealkylation sites (tertiary alicyclic amines) is 1. The lowest BCUT2D eigenvalue weighted by Gasteiger charge is -2.16. The zero-order chi connectivity index (χ0) is 14.7. The summed E-state index contributed by atoms with van der Waals surface area (Å²) in [5, 5.41) is 7.43. The Balaban J connectivity index is 1.55. The zero-order valence-corrected chi connectivity index (χ0v) is 12.5. The molecular weight excluding hydrogens is 286 g/mol. The molecule has 1 fully saturated rings. The minimum atomic E-state index is 0.223. The molecule has 0 spiro atoms. The summed E-state index contributed by atoms with van der Waals surface area (Å²) in [6.07, 6.45) is 5.91. The predicted molar refractivity (Wildman–Crippen MR) is 82.3 cm³/mol.